The Morgan fingerprint density at radius 1 is 1.53 bits per heavy atom. The number of aromatic nitrogens is 1. The van der Waals surface area contributed by atoms with E-state index in [4.69, 9.17) is 5.73 Å². The van der Waals surface area contributed by atoms with Crippen LogP contribution in [0.15, 0.2) is 12.3 Å². The van der Waals surface area contributed by atoms with Crippen molar-refractivity contribution in [3.63, 3.8) is 0 Å². The summed E-state index contributed by atoms with van der Waals surface area (Å²) in [6, 6.07) is 0.839. The summed E-state index contributed by atoms with van der Waals surface area (Å²) in [6.45, 7) is 1.41. The van der Waals surface area contributed by atoms with Crippen molar-refractivity contribution in [3.05, 3.63) is 29.1 Å². The number of carbonyl (C=O) groups excluding carboxylic acids is 1. The number of halogens is 3. The van der Waals surface area contributed by atoms with Crippen LogP contribution in [0.4, 0.5) is 13.2 Å². The smallest absolute Gasteiger partial charge is 0.369 e. The van der Waals surface area contributed by atoms with Gasteiger partial charge in [-0.3, -0.25) is 9.78 Å². The number of alkyl halides is 3. The van der Waals surface area contributed by atoms with Crippen molar-refractivity contribution in [1.29, 1.82) is 0 Å². The first-order valence-electron chi connectivity index (χ1n) is 4.12. The minimum atomic E-state index is -4.49. The van der Waals surface area contributed by atoms with Gasteiger partial charge in [-0.05, 0) is 18.6 Å². The van der Waals surface area contributed by atoms with Crippen LogP contribution in [-0.2, 0) is 17.4 Å². The topological polar surface area (TPSA) is 56.0 Å². The molecule has 1 aromatic heterocycles. The number of hydrogen-bond acceptors (Lipinski definition) is 2. The lowest BCUT2D eigenvalue weighted by Gasteiger charge is -2.12. The predicted molar refractivity (Wildman–Crippen MR) is 46.9 cm³/mol. The van der Waals surface area contributed by atoms with E-state index in [0.29, 0.717) is 0 Å². The minimum Gasteiger partial charge on any atom is -0.369 e. The van der Waals surface area contributed by atoms with Crippen LogP contribution in [0.5, 0.6) is 0 Å². The van der Waals surface area contributed by atoms with Gasteiger partial charge in [0.15, 0.2) is 0 Å². The molecule has 82 valence electrons. The lowest BCUT2D eigenvalue weighted by molar-refractivity contribution is -0.138. The van der Waals surface area contributed by atoms with Gasteiger partial charge >= 0.3 is 6.18 Å². The Labute approximate surface area is 84.1 Å². The highest BCUT2D eigenvalue weighted by Crippen LogP contribution is 2.32. The van der Waals surface area contributed by atoms with Gasteiger partial charge in [-0.15, -0.1) is 0 Å². The van der Waals surface area contributed by atoms with E-state index in [1.807, 2.05) is 0 Å². The Bertz CT molecular complexity index is 387. The molecule has 1 rings (SSSR count). The van der Waals surface area contributed by atoms with Gasteiger partial charge in [0.25, 0.3) is 0 Å². The van der Waals surface area contributed by atoms with E-state index >= 15 is 0 Å². The van der Waals surface area contributed by atoms with Gasteiger partial charge in [0, 0.05) is 11.9 Å². The summed E-state index contributed by atoms with van der Waals surface area (Å²) in [6.07, 6.45) is -3.88. The molecule has 0 fully saturated rings. The molecular weight excluding hydrogens is 209 g/mol. The summed E-state index contributed by atoms with van der Waals surface area (Å²) in [5, 5.41) is 0. The van der Waals surface area contributed by atoms with Gasteiger partial charge in [0.2, 0.25) is 5.91 Å². The van der Waals surface area contributed by atoms with Crippen molar-refractivity contribution in [2.45, 2.75) is 19.5 Å². The molecular formula is C9H9F3N2O. The molecule has 0 aliphatic heterocycles. The fourth-order valence-electron chi connectivity index (χ4n) is 1.26. The van der Waals surface area contributed by atoms with E-state index in [-0.39, 0.29) is 11.3 Å². The first-order valence-corrected chi connectivity index (χ1v) is 4.12. The molecule has 0 saturated carbocycles. The van der Waals surface area contributed by atoms with Crippen molar-refractivity contribution in [2.75, 3.05) is 0 Å². The summed E-state index contributed by atoms with van der Waals surface area (Å²) >= 11 is 0. The molecule has 3 nitrogen and oxygen atoms in total. The van der Waals surface area contributed by atoms with Gasteiger partial charge < -0.3 is 5.73 Å². The number of amides is 1. The zero-order chi connectivity index (χ0) is 11.6. The molecule has 0 aromatic carbocycles. The molecule has 1 aromatic rings. The predicted octanol–water partition coefficient (Wildman–Crippen LogP) is 1.44. The van der Waals surface area contributed by atoms with Gasteiger partial charge in [-0.25, -0.2) is 0 Å². The van der Waals surface area contributed by atoms with Crippen molar-refractivity contribution in [3.8, 4) is 0 Å². The normalized spacial score (nSPS) is 11.5. The molecule has 0 spiro atoms. The fourth-order valence-corrected chi connectivity index (χ4v) is 1.26. The minimum absolute atomic E-state index is 0.155. The van der Waals surface area contributed by atoms with E-state index in [1.54, 1.807) is 0 Å². The molecule has 6 heteroatoms. The number of nitrogens with zero attached hydrogens (tertiary/aromatic N) is 1. The number of carbonyl (C=O) groups is 1. The van der Waals surface area contributed by atoms with Crippen molar-refractivity contribution >= 4 is 5.91 Å². The second-order valence-corrected chi connectivity index (χ2v) is 3.06. The number of pyridine rings is 1. The van der Waals surface area contributed by atoms with E-state index in [0.717, 1.165) is 12.3 Å². The van der Waals surface area contributed by atoms with E-state index < -0.39 is 24.1 Å². The van der Waals surface area contributed by atoms with Crippen molar-refractivity contribution in [1.82, 2.24) is 4.98 Å². The molecule has 0 bridgehead atoms. The Hall–Kier alpha value is -1.59. The highest BCUT2D eigenvalue weighted by molar-refractivity contribution is 5.77. The van der Waals surface area contributed by atoms with Crippen LogP contribution in [0.3, 0.4) is 0 Å². The number of primary amides is 1. The van der Waals surface area contributed by atoms with Crippen LogP contribution < -0.4 is 5.73 Å². The summed E-state index contributed by atoms with van der Waals surface area (Å²) in [7, 11) is 0. The lowest BCUT2D eigenvalue weighted by Crippen LogP contribution is -2.19. The zero-order valence-electron chi connectivity index (χ0n) is 7.93. The summed E-state index contributed by atoms with van der Waals surface area (Å²) in [4.78, 5) is 14.3. The molecule has 0 aliphatic carbocycles. The van der Waals surface area contributed by atoms with Crippen LogP contribution in [0.2, 0.25) is 0 Å². The largest absolute Gasteiger partial charge is 0.416 e. The van der Waals surface area contributed by atoms with E-state index in [2.05, 4.69) is 4.98 Å². The molecule has 0 unspecified atom stereocenters. The monoisotopic (exact) mass is 218 g/mol. The van der Waals surface area contributed by atoms with Crippen LogP contribution in [0.1, 0.15) is 16.8 Å². The van der Waals surface area contributed by atoms with Gasteiger partial charge in [0.1, 0.15) is 0 Å². The second kappa shape index (κ2) is 3.88. The first-order chi connectivity index (χ1) is 6.82. The Kier molecular flexibility index (Phi) is 2.97. The van der Waals surface area contributed by atoms with Crippen LogP contribution in [-0.4, -0.2) is 10.9 Å². The molecule has 15 heavy (non-hydrogen) atoms. The molecule has 2 N–H and O–H groups in total. The molecule has 0 radical (unpaired) electrons. The third kappa shape index (κ3) is 2.68. The van der Waals surface area contributed by atoms with Gasteiger partial charge in [-0.1, -0.05) is 0 Å². The van der Waals surface area contributed by atoms with Crippen LogP contribution in [0.25, 0.3) is 0 Å². The number of aryl methyl sites for hydroxylation is 1. The van der Waals surface area contributed by atoms with Crippen LogP contribution >= 0.6 is 0 Å². The Balaban J connectivity index is 3.26. The Morgan fingerprint density at radius 3 is 2.60 bits per heavy atom. The Morgan fingerprint density at radius 2 is 2.13 bits per heavy atom. The maximum absolute atomic E-state index is 12.5. The highest BCUT2D eigenvalue weighted by Gasteiger charge is 2.34. The fraction of sp³-hybridized carbons (Fsp3) is 0.333. The number of hydrogen-bond donors (Lipinski definition) is 1. The van der Waals surface area contributed by atoms with E-state index in [9.17, 15) is 18.0 Å². The average molecular weight is 218 g/mol. The zero-order valence-corrected chi connectivity index (χ0v) is 7.93. The van der Waals surface area contributed by atoms with Gasteiger partial charge in [-0.2, -0.15) is 13.2 Å². The summed E-state index contributed by atoms with van der Waals surface area (Å²) in [5.74, 6) is -0.809. The quantitative estimate of drug-likeness (QED) is 0.816. The maximum Gasteiger partial charge on any atom is 0.416 e. The SMILES string of the molecule is Cc1nccc(C(F)(F)F)c1CC(N)=O. The van der Waals surface area contributed by atoms with Crippen molar-refractivity contribution in [2.24, 2.45) is 5.73 Å². The molecule has 0 aliphatic rings. The molecule has 1 heterocycles. The average Bonchev–Trinajstić information content (AvgIpc) is 2.05. The van der Waals surface area contributed by atoms with Gasteiger partial charge in [0.05, 0.1) is 12.0 Å². The third-order valence-corrected chi connectivity index (χ3v) is 1.93. The molecule has 0 saturated heterocycles. The second-order valence-electron chi connectivity index (χ2n) is 3.06. The lowest BCUT2D eigenvalue weighted by atomic mass is 10.0. The molecule has 1 amide bonds. The number of nitrogens with two attached hydrogens (primary N) is 1. The van der Waals surface area contributed by atoms with E-state index in [1.165, 1.54) is 6.92 Å². The van der Waals surface area contributed by atoms with Crippen molar-refractivity contribution < 1.29 is 18.0 Å². The first kappa shape index (κ1) is 11.5. The highest BCUT2D eigenvalue weighted by atomic mass is 19.4. The standard InChI is InChI=1S/C9H9F3N2O/c1-5-6(4-8(13)15)7(2-3-14-5)9(10,11)12/h2-3H,4H2,1H3,(H2,13,15). The third-order valence-electron chi connectivity index (χ3n) is 1.93. The van der Waals surface area contributed by atoms with Crippen LogP contribution in [0, 0.1) is 6.92 Å². The number of rotatable bonds is 2. The maximum atomic E-state index is 12.5. The molecule has 0 atom stereocenters. The summed E-state index contributed by atoms with van der Waals surface area (Å²) < 4.78 is 37.5. The summed E-state index contributed by atoms with van der Waals surface area (Å²) in [5.41, 5.74) is 4.03.